The third-order valence-corrected chi connectivity index (χ3v) is 2.41. The van der Waals surface area contributed by atoms with Crippen LogP contribution in [0.2, 0.25) is 5.15 Å². The highest BCUT2D eigenvalue weighted by molar-refractivity contribution is 6.29. The van der Waals surface area contributed by atoms with Crippen molar-refractivity contribution in [2.45, 2.75) is 32.9 Å². The van der Waals surface area contributed by atoms with Crippen LogP contribution in [0, 0.1) is 5.92 Å². The fourth-order valence-electron chi connectivity index (χ4n) is 1.36. The number of hydrogen-bond acceptors (Lipinski definition) is 3. The van der Waals surface area contributed by atoms with Crippen LogP contribution >= 0.6 is 11.6 Å². The van der Waals surface area contributed by atoms with Gasteiger partial charge in [0.05, 0.1) is 0 Å². The molecule has 0 spiro atoms. The van der Waals surface area contributed by atoms with Gasteiger partial charge in [0.15, 0.2) is 0 Å². The van der Waals surface area contributed by atoms with Gasteiger partial charge in [-0.05, 0) is 18.8 Å². The summed E-state index contributed by atoms with van der Waals surface area (Å²) in [5.74, 6) is -0.557. The molecule has 0 saturated heterocycles. The van der Waals surface area contributed by atoms with Crippen molar-refractivity contribution in [3.63, 3.8) is 0 Å². The van der Waals surface area contributed by atoms with Crippen LogP contribution in [0.25, 0.3) is 0 Å². The lowest BCUT2D eigenvalue weighted by atomic mass is 10.1. The van der Waals surface area contributed by atoms with Crippen molar-refractivity contribution in [2.24, 2.45) is 5.92 Å². The molecule has 7 heteroatoms. The van der Waals surface area contributed by atoms with E-state index in [1.807, 2.05) is 0 Å². The SMILES string of the molecule is CC(C)CCCNc1cc(Cl)nc(C(F)(F)F)n1. The molecule has 18 heavy (non-hydrogen) atoms. The lowest BCUT2D eigenvalue weighted by molar-refractivity contribution is -0.144. The number of rotatable bonds is 5. The van der Waals surface area contributed by atoms with E-state index in [1.54, 1.807) is 0 Å². The van der Waals surface area contributed by atoms with Crippen LogP contribution < -0.4 is 5.32 Å². The molecular weight excluding hydrogens is 267 g/mol. The molecule has 102 valence electrons. The van der Waals surface area contributed by atoms with Crippen LogP contribution in [0.1, 0.15) is 32.5 Å². The number of hydrogen-bond donors (Lipinski definition) is 1. The summed E-state index contributed by atoms with van der Waals surface area (Å²) < 4.78 is 37.3. The van der Waals surface area contributed by atoms with Gasteiger partial charge in [0.25, 0.3) is 0 Å². The fraction of sp³-hybridized carbons (Fsp3) is 0.636. The van der Waals surface area contributed by atoms with Gasteiger partial charge in [0.1, 0.15) is 11.0 Å². The zero-order valence-corrected chi connectivity index (χ0v) is 10.9. The normalized spacial score (nSPS) is 11.9. The third-order valence-electron chi connectivity index (χ3n) is 2.21. The van der Waals surface area contributed by atoms with Gasteiger partial charge >= 0.3 is 6.18 Å². The van der Waals surface area contributed by atoms with Crippen molar-refractivity contribution in [3.8, 4) is 0 Å². The summed E-state index contributed by atoms with van der Waals surface area (Å²) in [6.07, 6.45) is -2.72. The molecule has 0 aliphatic heterocycles. The Morgan fingerprint density at radius 3 is 2.56 bits per heavy atom. The van der Waals surface area contributed by atoms with Crippen LogP contribution in [0.5, 0.6) is 0 Å². The van der Waals surface area contributed by atoms with Crippen molar-refractivity contribution in [1.82, 2.24) is 9.97 Å². The number of halogens is 4. The quantitative estimate of drug-likeness (QED) is 0.655. The molecule has 1 rings (SSSR count). The minimum atomic E-state index is -4.58. The van der Waals surface area contributed by atoms with E-state index in [0.717, 1.165) is 12.8 Å². The van der Waals surface area contributed by atoms with E-state index in [4.69, 9.17) is 11.6 Å². The second kappa shape index (κ2) is 6.22. The smallest absolute Gasteiger partial charge is 0.370 e. The summed E-state index contributed by atoms with van der Waals surface area (Å²) in [7, 11) is 0. The zero-order chi connectivity index (χ0) is 13.8. The van der Waals surface area contributed by atoms with Crippen LogP contribution in [0.4, 0.5) is 19.0 Å². The van der Waals surface area contributed by atoms with Gasteiger partial charge in [-0.15, -0.1) is 0 Å². The largest absolute Gasteiger partial charge is 0.451 e. The molecule has 0 bridgehead atoms. The topological polar surface area (TPSA) is 37.8 Å². The van der Waals surface area contributed by atoms with Crippen LogP contribution in [0.3, 0.4) is 0 Å². The van der Waals surface area contributed by atoms with E-state index in [9.17, 15) is 13.2 Å². The molecule has 0 saturated carbocycles. The average Bonchev–Trinajstić information content (AvgIpc) is 2.22. The lowest BCUT2D eigenvalue weighted by Crippen LogP contribution is -2.13. The standard InChI is InChI=1S/C11H15ClF3N3/c1-7(2)4-3-5-16-9-6-8(12)17-10(18-9)11(13,14)15/h6-7H,3-5H2,1-2H3,(H,16,17,18). The number of alkyl halides is 3. The van der Waals surface area contributed by atoms with E-state index < -0.39 is 12.0 Å². The Hall–Kier alpha value is -1.04. The van der Waals surface area contributed by atoms with Gasteiger partial charge in [0, 0.05) is 12.6 Å². The van der Waals surface area contributed by atoms with Gasteiger partial charge in [-0.2, -0.15) is 13.2 Å². The number of aromatic nitrogens is 2. The Kier molecular flexibility index (Phi) is 5.19. The van der Waals surface area contributed by atoms with E-state index >= 15 is 0 Å². The number of anilines is 1. The Balaban J connectivity index is 2.63. The molecule has 0 aliphatic rings. The molecule has 0 atom stereocenters. The molecule has 3 nitrogen and oxygen atoms in total. The van der Waals surface area contributed by atoms with Gasteiger partial charge in [0.2, 0.25) is 5.82 Å². The Morgan fingerprint density at radius 1 is 1.33 bits per heavy atom. The van der Waals surface area contributed by atoms with E-state index in [1.165, 1.54) is 6.07 Å². The summed E-state index contributed by atoms with van der Waals surface area (Å²) in [6, 6.07) is 1.28. The predicted molar refractivity (Wildman–Crippen MR) is 64.6 cm³/mol. The van der Waals surface area contributed by atoms with E-state index in [2.05, 4.69) is 29.1 Å². The van der Waals surface area contributed by atoms with Gasteiger partial charge < -0.3 is 5.32 Å². The van der Waals surface area contributed by atoms with Gasteiger partial charge in [-0.3, -0.25) is 0 Å². The Labute approximate surface area is 109 Å². The third kappa shape index (κ3) is 5.08. The molecule has 0 aliphatic carbocycles. The first-order chi connectivity index (χ1) is 8.29. The first-order valence-electron chi connectivity index (χ1n) is 5.64. The van der Waals surface area contributed by atoms with Crippen LogP contribution in [-0.2, 0) is 6.18 Å². The maximum Gasteiger partial charge on any atom is 0.451 e. The number of nitrogens with zero attached hydrogens (tertiary/aromatic N) is 2. The summed E-state index contributed by atoms with van der Waals surface area (Å²) in [5, 5.41) is 2.60. The molecule has 0 amide bonds. The Bertz CT molecular complexity index is 394. The first kappa shape index (κ1) is 15.0. The molecular formula is C11H15ClF3N3. The van der Waals surface area contributed by atoms with Gasteiger partial charge in [-0.1, -0.05) is 25.4 Å². The summed E-state index contributed by atoms with van der Waals surface area (Å²) >= 11 is 5.53. The molecule has 0 radical (unpaired) electrons. The summed E-state index contributed by atoms with van der Waals surface area (Å²) in [5.41, 5.74) is 0. The molecule has 1 aromatic heterocycles. The number of nitrogens with one attached hydrogen (secondary N) is 1. The maximum atomic E-state index is 12.4. The van der Waals surface area contributed by atoms with Crippen molar-refractivity contribution in [3.05, 3.63) is 17.0 Å². The van der Waals surface area contributed by atoms with Crippen molar-refractivity contribution in [2.75, 3.05) is 11.9 Å². The van der Waals surface area contributed by atoms with Crippen molar-refractivity contribution >= 4 is 17.4 Å². The highest BCUT2D eigenvalue weighted by Crippen LogP contribution is 2.28. The molecule has 1 N–H and O–H groups in total. The summed E-state index contributed by atoms with van der Waals surface area (Å²) in [6.45, 7) is 4.73. The van der Waals surface area contributed by atoms with Crippen molar-refractivity contribution in [1.29, 1.82) is 0 Å². The average molecular weight is 282 g/mol. The molecule has 0 unspecified atom stereocenters. The monoisotopic (exact) mass is 281 g/mol. The second-order valence-electron chi connectivity index (χ2n) is 4.36. The van der Waals surface area contributed by atoms with Gasteiger partial charge in [-0.25, -0.2) is 9.97 Å². The van der Waals surface area contributed by atoms with Crippen LogP contribution in [0.15, 0.2) is 6.07 Å². The fourth-order valence-corrected chi connectivity index (χ4v) is 1.55. The van der Waals surface area contributed by atoms with Crippen LogP contribution in [-0.4, -0.2) is 16.5 Å². The minimum absolute atomic E-state index is 0.103. The highest BCUT2D eigenvalue weighted by Gasteiger charge is 2.35. The molecule has 0 fully saturated rings. The first-order valence-corrected chi connectivity index (χ1v) is 6.02. The summed E-state index contributed by atoms with van der Waals surface area (Å²) in [4.78, 5) is 6.54. The zero-order valence-electron chi connectivity index (χ0n) is 10.2. The Morgan fingerprint density at radius 2 is 2.00 bits per heavy atom. The molecule has 0 aromatic carbocycles. The lowest BCUT2D eigenvalue weighted by Gasteiger charge is -2.10. The second-order valence-corrected chi connectivity index (χ2v) is 4.75. The van der Waals surface area contributed by atoms with Crippen molar-refractivity contribution < 1.29 is 13.2 Å². The van der Waals surface area contributed by atoms with E-state index in [-0.39, 0.29) is 11.0 Å². The van der Waals surface area contributed by atoms with E-state index in [0.29, 0.717) is 12.5 Å². The molecule has 1 heterocycles. The maximum absolute atomic E-state index is 12.4. The minimum Gasteiger partial charge on any atom is -0.370 e. The highest BCUT2D eigenvalue weighted by atomic mass is 35.5. The molecule has 1 aromatic rings. The predicted octanol–water partition coefficient (Wildman–Crippen LogP) is 4.00.